The molecule has 2 heterocycles. The minimum absolute atomic E-state index is 0.146. The molecule has 0 saturated carbocycles. The molecule has 0 spiro atoms. The molecule has 8 heteroatoms. The molecule has 1 atom stereocenters. The van der Waals surface area contributed by atoms with Crippen LogP contribution in [0.2, 0.25) is 0 Å². The lowest BCUT2D eigenvalue weighted by Gasteiger charge is -2.19. The zero-order chi connectivity index (χ0) is 19.1. The first-order valence-corrected chi connectivity index (χ1v) is 9.56. The minimum atomic E-state index is -0.494. The number of nitrogens with zero attached hydrogens (tertiary/aromatic N) is 1. The van der Waals surface area contributed by atoms with Crippen molar-refractivity contribution in [3.63, 3.8) is 0 Å². The third kappa shape index (κ3) is 5.20. The number of anilines is 2. The van der Waals surface area contributed by atoms with Crippen LogP contribution in [0.25, 0.3) is 0 Å². The van der Waals surface area contributed by atoms with Gasteiger partial charge in [-0.2, -0.15) is 0 Å². The number of aromatic amines is 1. The van der Waals surface area contributed by atoms with Crippen molar-refractivity contribution in [2.45, 2.75) is 53.0 Å². The maximum Gasteiger partial charge on any atom is 0.330 e. The van der Waals surface area contributed by atoms with Gasteiger partial charge in [0.1, 0.15) is 11.5 Å². The van der Waals surface area contributed by atoms with E-state index in [0.717, 1.165) is 32.2 Å². The van der Waals surface area contributed by atoms with E-state index in [1.165, 1.54) is 4.57 Å². The molecule has 0 aromatic carbocycles. The van der Waals surface area contributed by atoms with E-state index < -0.39 is 11.2 Å². The SMILES string of the molecule is CCCCn1c(NC(=O)C2CCNC2)c(NCCC(C)C)c(=O)[nH]c1=O. The van der Waals surface area contributed by atoms with E-state index in [0.29, 0.717) is 25.6 Å². The molecule has 0 aliphatic carbocycles. The highest BCUT2D eigenvalue weighted by Crippen LogP contribution is 2.19. The highest BCUT2D eigenvalue weighted by Gasteiger charge is 2.25. The fourth-order valence-corrected chi connectivity index (χ4v) is 2.98. The van der Waals surface area contributed by atoms with Gasteiger partial charge in [0, 0.05) is 19.6 Å². The van der Waals surface area contributed by atoms with Gasteiger partial charge >= 0.3 is 5.69 Å². The van der Waals surface area contributed by atoms with Gasteiger partial charge in [0.15, 0.2) is 0 Å². The molecule has 1 aromatic heterocycles. The van der Waals surface area contributed by atoms with Crippen LogP contribution in [0.4, 0.5) is 11.5 Å². The number of aromatic nitrogens is 2. The summed E-state index contributed by atoms with van der Waals surface area (Å²) >= 11 is 0. The first-order chi connectivity index (χ1) is 12.4. The molecule has 8 nitrogen and oxygen atoms in total. The summed E-state index contributed by atoms with van der Waals surface area (Å²) in [5.74, 6) is 0.465. The van der Waals surface area contributed by atoms with Gasteiger partial charge in [-0.25, -0.2) is 4.79 Å². The van der Waals surface area contributed by atoms with E-state index in [9.17, 15) is 14.4 Å². The summed E-state index contributed by atoms with van der Waals surface area (Å²) in [5.41, 5.74) is -0.718. The second-order valence-corrected chi connectivity index (χ2v) is 7.28. The quantitative estimate of drug-likeness (QED) is 0.528. The maximum absolute atomic E-state index is 12.6. The maximum atomic E-state index is 12.6. The van der Waals surface area contributed by atoms with Crippen LogP contribution in [-0.2, 0) is 11.3 Å². The summed E-state index contributed by atoms with van der Waals surface area (Å²) in [6.07, 6.45) is 3.32. The largest absolute Gasteiger partial charge is 0.378 e. The number of hydrogen-bond donors (Lipinski definition) is 4. The van der Waals surface area contributed by atoms with Crippen molar-refractivity contribution in [1.82, 2.24) is 14.9 Å². The molecule has 1 aliphatic heterocycles. The van der Waals surface area contributed by atoms with Crippen LogP contribution in [0.3, 0.4) is 0 Å². The Morgan fingerprint density at radius 3 is 2.73 bits per heavy atom. The van der Waals surface area contributed by atoms with Gasteiger partial charge in [-0.15, -0.1) is 0 Å². The Labute approximate surface area is 153 Å². The second-order valence-electron chi connectivity index (χ2n) is 7.28. The number of hydrogen-bond acceptors (Lipinski definition) is 5. The summed E-state index contributed by atoms with van der Waals surface area (Å²) in [5, 5.41) is 9.13. The minimum Gasteiger partial charge on any atom is -0.378 e. The molecule has 0 radical (unpaired) electrons. The van der Waals surface area contributed by atoms with E-state index in [1.54, 1.807) is 0 Å². The Morgan fingerprint density at radius 2 is 2.12 bits per heavy atom. The molecule has 1 aromatic rings. The van der Waals surface area contributed by atoms with Gasteiger partial charge in [0.2, 0.25) is 5.91 Å². The Hall–Kier alpha value is -2.09. The predicted molar refractivity (Wildman–Crippen MR) is 104 cm³/mol. The van der Waals surface area contributed by atoms with Crippen molar-refractivity contribution in [3.05, 3.63) is 20.8 Å². The smallest absolute Gasteiger partial charge is 0.330 e. The van der Waals surface area contributed by atoms with E-state index >= 15 is 0 Å². The van der Waals surface area contributed by atoms with Crippen molar-refractivity contribution in [3.8, 4) is 0 Å². The molecular weight excluding hydrogens is 334 g/mol. The normalized spacial score (nSPS) is 16.8. The van der Waals surface area contributed by atoms with E-state index in [-0.39, 0.29) is 23.3 Å². The highest BCUT2D eigenvalue weighted by molar-refractivity contribution is 5.94. The molecule has 26 heavy (non-hydrogen) atoms. The summed E-state index contributed by atoms with van der Waals surface area (Å²) in [6, 6.07) is 0. The van der Waals surface area contributed by atoms with Crippen molar-refractivity contribution in [1.29, 1.82) is 0 Å². The summed E-state index contributed by atoms with van der Waals surface area (Å²) in [7, 11) is 0. The average Bonchev–Trinajstić information content (AvgIpc) is 3.11. The lowest BCUT2D eigenvalue weighted by molar-refractivity contribution is -0.119. The Bertz CT molecular complexity index is 717. The zero-order valence-corrected chi connectivity index (χ0v) is 16.0. The molecule has 1 unspecified atom stereocenters. The fourth-order valence-electron chi connectivity index (χ4n) is 2.98. The van der Waals surface area contributed by atoms with Crippen molar-refractivity contribution < 1.29 is 4.79 Å². The standard InChI is InChI=1S/C18H31N5O3/c1-4-5-10-23-15(21-16(24)13-7-8-19-11-13)14(17(25)22-18(23)26)20-9-6-12(2)3/h12-13,19-20H,4-11H2,1-3H3,(H,21,24)(H,22,25,26). The van der Waals surface area contributed by atoms with Crippen LogP contribution >= 0.6 is 0 Å². The van der Waals surface area contributed by atoms with Gasteiger partial charge in [-0.1, -0.05) is 27.2 Å². The molecule has 1 saturated heterocycles. The highest BCUT2D eigenvalue weighted by atomic mass is 16.2. The molecule has 1 fully saturated rings. The molecule has 1 aliphatic rings. The van der Waals surface area contributed by atoms with Gasteiger partial charge in [0.05, 0.1) is 5.92 Å². The molecule has 0 bridgehead atoms. The van der Waals surface area contributed by atoms with Gasteiger partial charge in [0.25, 0.3) is 5.56 Å². The first-order valence-electron chi connectivity index (χ1n) is 9.56. The Kier molecular flexibility index (Phi) is 7.44. The van der Waals surface area contributed by atoms with Crippen LogP contribution < -0.4 is 27.2 Å². The summed E-state index contributed by atoms with van der Waals surface area (Å²) in [4.78, 5) is 39.6. The van der Waals surface area contributed by atoms with Crippen molar-refractivity contribution in [2.75, 3.05) is 30.3 Å². The number of amides is 1. The Morgan fingerprint density at radius 1 is 1.35 bits per heavy atom. The van der Waals surface area contributed by atoms with Gasteiger partial charge < -0.3 is 16.0 Å². The number of H-pyrrole nitrogens is 1. The van der Waals surface area contributed by atoms with E-state index in [4.69, 9.17) is 0 Å². The van der Waals surface area contributed by atoms with Gasteiger partial charge in [-0.05, 0) is 31.7 Å². The summed E-state index contributed by atoms with van der Waals surface area (Å²) < 4.78 is 1.46. The first kappa shape index (κ1) is 20.2. The van der Waals surface area contributed by atoms with Gasteiger partial charge in [-0.3, -0.25) is 19.1 Å². The van der Waals surface area contributed by atoms with Crippen LogP contribution in [0.15, 0.2) is 9.59 Å². The lowest BCUT2D eigenvalue weighted by atomic mass is 10.1. The molecular formula is C18H31N5O3. The predicted octanol–water partition coefficient (Wildman–Crippen LogP) is 1.34. The molecule has 146 valence electrons. The van der Waals surface area contributed by atoms with E-state index in [2.05, 4.69) is 34.8 Å². The van der Waals surface area contributed by atoms with E-state index in [1.807, 2.05) is 6.92 Å². The molecule has 2 rings (SSSR count). The average molecular weight is 365 g/mol. The van der Waals surface area contributed by atoms with Crippen LogP contribution in [0.5, 0.6) is 0 Å². The number of nitrogens with one attached hydrogen (secondary N) is 4. The van der Waals surface area contributed by atoms with Crippen LogP contribution in [-0.4, -0.2) is 35.1 Å². The lowest BCUT2D eigenvalue weighted by Crippen LogP contribution is -2.37. The van der Waals surface area contributed by atoms with Crippen LogP contribution in [0.1, 0.15) is 46.5 Å². The monoisotopic (exact) mass is 365 g/mol. The Balaban J connectivity index is 2.35. The van der Waals surface area contributed by atoms with Crippen molar-refractivity contribution in [2.24, 2.45) is 11.8 Å². The molecule has 4 N–H and O–H groups in total. The number of unbranched alkanes of at least 4 members (excludes halogenated alkanes) is 1. The fraction of sp³-hybridized carbons (Fsp3) is 0.722. The third-order valence-corrected chi connectivity index (χ3v) is 4.63. The van der Waals surface area contributed by atoms with Crippen LogP contribution in [0, 0.1) is 11.8 Å². The third-order valence-electron chi connectivity index (χ3n) is 4.63. The molecule has 1 amide bonds. The van der Waals surface area contributed by atoms with Crippen molar-refractivity contribution >= 4 is 17.4 Å². The zero-order valence-electron chi connectivity index (χ0n) is 16.0. The summed E-state index contributed by atoms with van der Waals surface area (Å²) in [6.45, 7) is 8.69. The second kappa shape index (κ2) is 9.56. The topological polar surface area (TPSA) is 108 Å². The number of rotatable bonds is 9. The number of carbonyl (C=O) groups is 1. The number of carbonyl (C=O) groups excluding carboxylic acids is 1.